The third-order valence-electron chi connectivity index (χ3n) is 2.65. The number of nitrogens with two attached hydrogens (primary N) is 1. The molecule has 0 aliphatic heterocycles. The predicted octanol–water partition coefficient (Wildman–Crippen LogP) is 1.38. The van der Waals surface area contributed by atoms with Gasteiger partial charge >= 0.3 is 0 Å². The molecule has 0 atom stereocenters. The normalized spacial score (nSPS) is 10.4. The van der Waals surface area contributed by atoms with Crippen LogP contribution in [0.3, 0.4) is 0 Å². The molecule has 3 rings (SSSR count). The van der Waals surface area contributed by atoms with Gasteiger partial charge in [0.05, 0.1) is 0 Å². The van der Waals surface area contributed by atoms with Crippen LogP contribution in [-0.4, -0.2) is 19.5 Å². The zero-order chi connectivity index (χ0) is 12.5. The third-order valence-corrected chi connectivity index (χ3v) is 2.65. The number of aromatic nitrogens is 4. The van der Waals surface area contributed by atoms with Gasteiger partial charge in [-0.2, -0.15) is 0 Å². The molecule has 0 saturated heterocycles. The van der Waals surface area contributed by atoms with E-state index in [4.69, 9.17) is 12.2 Å². The van der Waals surface area contributed by atoms with Crippen molar-refractivity contribution in [2.45, 2.75) is 0 Å². The second-order valence-electron chi connectivity index (χ2n) is 3.74. The Morgan fingerprint density at radius 3 is 2.94 bits per heavy atom. The zero-order valence-corrected chi connectivity index (χ0v) is 9.41. The Bertz CT molecular complexity index is 766. The van der Waals surface area contributed by atoms with Gasteiger partial charge in [-0.05, 0) is 18.2 Å². The summed E-state index contributed by atoms with van der Waals surface area (Å²) in [4.78, 5) is 12.3. The average Bonchev–Trinajstić information content (AvgIpc) is 2.84. The van der Waals surface area contributed by atoms with Gasteiger partial charge in [-0.3, -0.25) is 4.57 Å². The molecule has 0 radical (unpaired) electrons. The summed E-state index contributed by atoms with van der Waals surface area (Å²) in [5.41, 5.74) is 8.69. The van der Waals surface area contributed by atoms with E-state index in [1.807, 2.05) is 28.8 Å². The molecule has 0 unspecified atom stereocenters. The van der Waals surface area contributed by atoms with Crippen LogP contribution in [0.4, 0.5) is 5.82 Å². The van der Waals surface area contributed by atoms with Crippen LogP contribution in [0.2, 0.25) is 0 Å². The monoisotopic (exact) mass is 235 g/mol. The highest BCUT2D eigenvalue weighted by Crippen LogP contribution is 2.19. The summed E-state index contributed by atoms with van der Waals surface area (Å²) in [6, 6.07) is 7.58. The van der Waals surface area contributed by atoms with E-state index in [0.717, 1.165) is 11.3 Å². The summed E-state index contributed by atoms with van der Waals surface area (Å²) < 4.78 is 1.83. The largest absolute Gasteiger partial charge is 0.382 e. The molecule has 0 bridgehead atoms. The Kier molecular flexibility index (Phi) is 2.21. The number of nitrogens with zero attached hydrogens (tertiary/aromatic N) is 4. The van der Waals surface area contributed by atoms with E-state index >= 15 is 0 Å². The lowest BCUT2D eigenvalue weighted by molar-refractivity contribution is 1.06. The van der Waals surface area contributed by atoms with Gasteiger partial charge in [0.15, 0.2) is 17.0 Å². The Morgan fingerprint density at radius 2 is 2.11 bits per heavy atom. The average molecular weight is 235 g/mol. The van der Waals surface area contributed by atoms with Crippen molar-refractivity contribution in [2.24, 2.45) is 0 Å². The molecule has 0 fully saturated rings. The molecule has 2 heterocycles. The van der Waals surface area contributed by atoms with Crippen LogP contribution in [-0.2, 0) is 0 Å². The van der Waals surface area contributed by atoms with Gasteiger partial charge < -0.3 is 5.73 Å². The number of anilines is 1. The van der Waals surface area contributed by atoms with Gasteiger partial charge in [0.2, 0.25) is 0 Å². The van der Waals surface area contributed by atoms with E-state index in [-0.39, 0.29) is 0 Å². The van der Waals surface area contributed by atoms with Crippen molar-refractivity contribution in [3.05, 3.63) is 42.5 Å². The molecule has 1 aromatic carbocycles. The number of rotatable bonds is 1. The third kappa shape index (κ3) is 1.48. The summed E-state index contributed by atoms with van der Waals surface area (Å²) in [7, 11) is 0. The molecule has 2 aromatic heterocycles. The summed E-state index contributed by atoms with van der Waals surface area (Å²) in [6.07, 6.45) is 8.46. The lowest BCUT2D eigenvalue weighted by atomic mass is 10.2. The lowest BCUT2D eigenvalue weighted by Crippen LogP contribution is -1.97. The Morgan fingerprint density at radius 1 is 1.22 bits per heavy atom. The molecule has 0 saturated carbocycles. The van der Waals surface area contributed by atoms with Gasteiger partial charge in [-0.25, -0.2) is 15.0 Å². The Balaban J connectivity index is 2.26. The minimum atomic E-state index is 0.367. The summed E-state index contributed by atoms with van der Waals surface area (Å²) >= 11 is 0. The van der Waals surface area contributed by atoms with Gasteiger partial charge in [0.25, 0.3) is 0 Å². The topological polar surface area (TPSA) is 69.6 Å². The van der Waals surface area contributed by atoms with Crippen LogP contribution in [0.5, 0.6) is 0 Å². The van der Waals surface area contributed by atoms with Crippen LogP contribution < -0.4 is 5.73 Å². The van der Waals surface area contributed by atoms with Crippen LogP contribution in [0.1, 0.15) is 5.56 Å². The van der Waals surface area contributed by atoms with Crippen molar-refractivity contribution < 1.29 is 0 Å². The highest BCUT2D eigenvalue weighted by Gasteiger charge is 2.08. The molecule has 5 heteroatoms. The van der Waals surface area contributed by atoms with E-state index in [1.165, 1.54) is 6.33 Å². The van der Waals surface area contributed by atoms with Crippen LogP contribution in [0.15, 0.2) is 36.9 Å². The van der Waals surface area contributed by atoms with E-state index < -0.39 is 0 Å². The molecule has 0 spiro atoms. The first-order chi connectivity index (χ1) is 8.79. The number of terminal acetylenes is 1. The Labute approximate surface area is 103 Å². The molecule has 2 N–H and O–H groups in total. The van der Waals surface area contributed by atoms with Gasteiger partial charge in [-0.1, -0.05) is 12.0 Å². The first kappa shape index (κ1) is 10.3. The fourth-order valence-corrected chi connectivity index (χ4v) is 1.79. The highest BCUT2D eigenvalue weighted by atomic mass is 15.1. The van der Waals surface area contributed by atoms with Crippen molar-refractivity contribution >= 4 is 17.0 Å². The number of benzene rings is 1. The molecule has 18 heavy (non-hydrogen) atoms. The van der Waals surface area contributed by atoms with Gasteiger partial charge in [0.1, 0.15) is 12.7 Å². The number of fused-ring (bicyclic) bond motifs is 1. The highest BCUT2D eigenvalue weighted by molar-refractivity contribution is 5.82. The van der Waals surface area contributed by atoms with Crippen molar-refractivity contribution in [3.63, 3.8) is 0 Å². The van der Waals surface area contributed by atoms with Gasteiger partial charge in [-0.15, -0.1) is 6.42 Å². The quantitative estimate of drug-likeness (QED) is 0.647. The fraction of sp³-hybridized carbons (Fsp3) is 0. The molecule has 5 nitrogen and oxygen atoms in total. The standard InChI is InChI=1S/C13H9N5/c1-2-9-4-3-5-10(6-9)18-8-17-11-12(14)15-7-16-13(11)18/h1,3-8H,(H2,14,15,16). The molecule has 86 valence electrons. The van der Waals surface area contributed by atoms with Crippen LogP contribution in [0.25, 0.3) is 16.9 Å². The first-order valence-corrected chi connectivity index (χ1v) is 5.30. The van der Waals surface area contributed by atoms with Crippen molar-refractivity contribution in [1.29, 1.82) is 0 Å². The van der Waals surface area contributed by atoms with Crippen molar-refractivity contribution in [1.82, 2.24) is 19.5 Å². The Hall–Kier alpha value is -2.87. The second-order valence-corrected chi connectivity index (χ2v) is 3.74. The molecular formula is C13H9N5. The fourth-order valence-electron chi connectivity index (χ4n) is 1.79. The minimum absolute atomic E-state index is 0.367. The predicted molar refractivity (Wildman–Crippen MR) is 69.0 cm³/mol. The summed E-state index contributed by atoms with van der Waals surface area (Å²) in [6.45, 7) is 0. The molecular weight excluding hydrogens is 226 g/mol. The minimum Gasteiger partial charge on any atom is -0.382 e. The van der Waals surface area contributed by atoms with E-state index in [0.29, 0.717) is 17.0 Å². The molecule has 0 aliphatic rings. The molecule has 3 aromatic rings. The van der Waals surface area contributed by atoms with Crippen molar-refractivity contribution in [3.8, 4) is 18.0 Å². The SMILES string of the molecule is C#Cc1cccc(-n2cnc3c(N)ncnc32)c1. The number of hydrogen-bond donors (Lipinski definition) is 1. The number of hydrogen-bond acceptors (Lipinski definition) is 4. The summed E-state index contributed by atoms with van der Waals surface area (Å²) in [5, 5.41) is 0. The maximum absolute atomic E-state index is 5.74. The maximum Gasteiger partial charge on any atom is 0.170 e. The number of imidazole rings is 1. The van der Waals surface area contributed by atoms with Gasteiger partial charge in [0, 0.05) is 11.3 Å². The first-order valence-electron chi connectivity index (χ1n) is 5.30. The van der Waals surface area contributed by atoms with E-state index in [2.05, 4.69) is 20.9 Å². The van der Waals surface area contributed by atoms with Crippen LogP contribution >= 0.6 is 0 Å². The maximum atomic E-state index is 5.74. The van der Waals surface area contributed by atoms with E-state index in [1.54, 1.807) is 6.33 Å². The molecule has 0 amide bonds. The van der Waals surface area contributed by atoms with Crippen LogP contribution in [0, 0.1) is 12.3 Å². The molecule has 0 aliphatic carbocycles. The second kappa shape index (κ2) is 3.86. The smallest absolute Gasteiger partial charge is 0.170 e. The summed E-state index contributed by atoms with van der Waals surface area (Å²) in [5.74, 6) is 2.97. The van der Waals surface area contributed by atoms with Crippen molar-refractivity contribution in [2.75, 3.05) is 5.73 Å². The number of nitrogen functional groups attached to an aromatic ring is 1. The van der Waals surface area contributed by atoms with E-state index in [9.17, 15) is 0 Å². The zero-order valence-electron chi connectivity index (χ0n) is 9.41. The lowest BCUT2D eigenvalue weighted by Gasteiger charge is -2.03.